The molecule has 0 spiro atoms. The molecule has 2 aliphatic carbocycles. The van der Waals surface area contributed by atoms with E-state index in [2.05, 4.69) is 11.9 Å². The van der Waals surface area contributed by atoms with E-state index in [4.69, 9.17) is 5.73 Å². The number of nitrogens with zero attached hydrogens (tertiary/aromatic N) is 1. The number of rotatable bonds is 4. The van der Waals surface area contributed by atoms with Crippen molar-refractivity contribution in [3.8, 4) is 0 Å². The van der Waals surface area contributed by atoms with Gasteiger partial charge in [-0.25, -0.2) is 0 Å². The third-order valence-electron chi connectivity index (χ3n) is 4.90. The molecule has 2 nitrogen and oxygen atoms in total. The number of amidine groups is 1. The minimum atomic E-state index is 0.601. The second kappa shape index (κ2) is 7.16. The molecule has 0 saturated heterocycles. The van der Waals surface area contributed by atoms with Gasteiger partial charge in [0, 0.05) is 12.5 Å². The Morgan fingerprint density at radius 2 is 1.83 bits per heavy atom. The van der Waals surface area contributed by atoms with Crippen molar-refractivity contribution < 1.29 is 0 Å². The van der Waals surface area contributed by atoms with Crippen LogP contribution < -0.4 is 5.73 Å². The topological polar surface area (TPSA) is 38.4 Å². The molecule has 104 valence electrons. The lowest BCUT2D eigenvalue weighted by molar-refractivity contribution is 0.272. The SMILES string of the molecule is CC1CCCC(CCN=C(N)C2CCCCC2)C1. The predicted octanol–water partition coefficient (Wildman–Crippen LogP) is 4.14. The first-order valence-electron chi connectivity index (χ1n) is 8.05. The van der Waals surface area contributed by atoms with Crippen LogP contribution in [0.25, 0.3) is 0 Å². The lowest BCUT2D eigenvalue weighted by atomic mass is 9.81. The predicted molar refractivity (Wildman–Crippen MR) is 78.8 cm³/mol. The first-order valence-corrected chi connectivity index (χ1v) is 8.05. The molecular formula is C16H30N2. The maximum absolute atomic E-state index is 6.14. The second-order valence-corrected chi connectivity index (χ2v) is 6.57. The van der Waals surface area contributed by atoms with Crippen LogP contribution in [0.4, 0.5) is 0 Å². The molecular weight excluding hydrogens is 220 g/mol. The van der Waals surface area contributed by atoms with Crippen LogP contribution in [0.3, 0.4) is 0 Å². The van der Waals surface area contributed by atoms with Crippen molar-refractivity contribution in [3.63, 3.8) is 0 Å². The summed E-state index contributed by atoms with van der Waals surface area (Å²) in [6.07, 6.45) is 13.6. The van der Waals surface area contributed by atoms with Crippen molar-refractivity contribution in [1.82, 2.24) is 0 Å². The van der Waals surface area contributed by atoms with Crippen LogP contribution in [0.1, 0.15) is 71.1 Å². The van der Waals surface area contributed by atoms with Crippen LogP contribution in [0, 0.1) is 17.8 Å². The average Bonchev–Trinajstić information content (AvgIpc) is 2.40. The molecule has 0 aromatic rings. The smallest absolute Gasteiger partial charge is 0.0968 e. The third-order valence-corrected chi connectivity index (χ3v) is 4.90. The van der Waals surface area contributed by atoms with Crippen molar-refractivity contribution in [3.05, 3.63) is 0 Å². The van der Waals surface area contributed by atoms with Gasteiger partial charge in [0.15, 0.2) is 0 Å². The van der Waals surface area contributed by atoms with E-state index in [-0.39, 0.29) is 0 Å². The fraction of sp³-hybridized carbons (Fsp3) is 0.938. The molecule has 2 aliphatic rings. The zero-order valence-corrected chi connectivity index (χ0v) is 12.0. The molecule has 0 bridgehead atoms. The van der Waals surface area contributed by atoms with E-state index in [0.29, 0.717) is 5.92 Å². The molecule has 0 heterocycles. The Kier molecular flexibility index (Phi) is 5.52. The molecule has 2 heteroatoms. The Hall–Kier alpha value is -0.530. The zero-order chi connectivity index (χ0) is 12.8. The van der Waals surface area contributed by atoms with Crippen molar-refractivity contribution in [2.45, 2.75) is 71.1 Å². The first kappa shape index (κ1) is 13.9. The van der Waals surface area contributed by atoms with E-state index in [1.807, 2.05) is 0 Å². The van der Waals surface area contributed by atoms with Gasteiger partial charge < -0.3 is 5.73 Å². The molecule has 0 aliphatic heterocycles. The lowest BCUT2D eigenvalue weighted by Crippen LogP contribution is -2.26. The van der Waals surface area contributed by atoms with Gasteiger partial charge in [-0.3, -0.25) is 4.99 Å². The van der Waals surface area contributed by atoms with Crippen LogP contribution in [0.15, 0.2) is 4.99 Å². The molecule has 2 unspecified atom stereocenters. The van der Waals surface area contributed by atoms with Gasteiger partial charge in [0.1, 0.15) is 0 Å². The van der Waals surface area contributed by atoms with Crippen LogP contribution >= 0.6 is 0 Å². The summed E-state index contributed by atoms with van der Waals surface area (Å²) in [4.78, 5) is 4.66. The molecule has 0 radical (unpaired) electrons. The molecule has 0 aromatic heterocycles. The maximum Gasteiger partial charge on any atom is 0.0968 e. The Morgan fingerprint density at radius 1 is 1.06 bits per heavy atom. The molecule has 0 amide bonds. The highest BCUT2D eigenvalue weighted by molar-refractivity contribution is 5.82. The number of hydrogen-bond donors (Lipinski definition) is 1. The highest BCUT2D eigenvalue weighted by Gasteiger charge is 2.19. The van der Waals surface area contributed by atoms with E-state index in [9.17, 15) is 0 Å². The van der Waals surface area contributed by atoms with Crippen LogP contribution in [-0.4, -0.2) is 12.4 Å². The quantitative estimate of drug-likeness (QED) is 0.591. The van der Waals surface area contributed by atoms with Gasteiger partial charge >= 0.3 is 0 Å². The van der Waals surface area contributed by atoms with E-state index >= 15 is 0 Å². The summed E-state index contributed by atoms with van der Waals surface area (Å²) in [5.41, 5.74) is 6.14. The summed E-state index contributed by atoms with van der Waals surface area (Å²) >= 11 is 0. The van der Waals surface area contributed by atoms with Crippen LogP contribution in [0.5, 0.6) is 0 Å². The summed E-state index contributed by atoms with van der Waals surface area (Å²) < 4.78 is 0. The number of nitrogens with two attached hydrogens (primary N) is 1. The van der Waals surface area contributed by atoms with Crippen LogP contribution in [-0.2, 0) is 0 Å². The van der Waals surface area contributed by atoms with Crippen molar-refractivity contribution in [2.75, 3.05) is 6.54 Å². The van der Waals surface area contributed by atoms with Crippen molar-refractivity contribution in [2.24, 2.45) is 28.5 Å². The fourth-order valence-corrected chi connectivity index (χ4v) is 3.73. The second-order valence-electron chi connectivity index (χ2n) is 6.57. The number of hydrogen-bond acceptors (Lipinski definition) is 1. The van der Waals surface area contributed by atoms with E-state index in [0.717, 1.165) is 24.2 Å². The first-order chi connectivity index (χ1) is 8.75. The van der Waals surface area contributed by atoms with Gasteiger partial charge in [-0.2, -0.15) is 0 Å². The van der Waals surface area contributed by atoms with Crippen LogP contribution in [0.2, 0.25) is 0 Å². The van der Waals surface area contributed by atoms with E-state index in [1.165, 1.54) is 64.2 Å². The van der Waals surface area contributed by atoms with Gasteiger partial charge in [-0.15, -0.1) is 0 Å². The van der Waals surface area contributed by atoms with Gasteiger partial charge in [0.25, 0.3) is 0 Å². The molecule has 2 fully saturated rings. The van der Waals surface area contributed by atoms with Gasteiger partial charge in [0.05, 0.1) is 5.84 Å². The van der Waals surface area contributed by atoms with E-state index < -0.39 is 0 Å². The van der Waals surface area contributed by atoms with Crippen molar-refractivity contribution >= 4 is 5.84 Å². The Balaban J connectivity index is 1.69. The highest BCUT2D eigenvalue weighted by atomic mass is 14.9. The van der Waals surface area contributed by atoms with Gasteiger partial charge in [-0.1, -0.05) is 45.4 Å². The average molecular weight is 250 g/mol. The standard InChI is InChI=1S/C16H30N2/c1-13-6-5-7-14(12-13)10-11-18-16(17)15-8-3-2-4-9-15/h13-15H,2-12H2,1H3,(H2,17,18). The van der Waals surface area contributed by atoms with E-state index in [1.54, 1.807) is 0 Å². The summed E-state index contributed by atoms with van der Waals surface area (Å²) in [6.45, 7) is 3.37. The fourth-order valence-electron chi connectivity index (χ4n) is 3.73. The summed E-state index contributed by atoms with van der Waals surface area (Å²) in [5.74, 6) is 3.41. The largest absolute Gasteiger partial charge is 0.387 e. The summed E-state index contributed by atoms with van der Waals surface area (Å²) in [7, 11) is 0. The highest BCUT2D eigenvalue weighted by Crippen LogP contribution is 2.30. The number of aliphatic imine (C=N–C) groups is 1. The molecule has 2 rings (SSSR count). The Labute approximate surface area is 112 Å². The summed E-state index contributed by atoms with van der Waals surface area (Å²) in [6, 6.07) is 0. The van der Waals surface area contributed by atoms with Gasteiger partial charge in [-0.05, 0) is 37.5 Å². The molecule has 18 heavy (non-hydrogen) atoms. The molecule has 2 saturated carbocycles. The minimum Gasteiger partial charge on any atom is -0.387 e. The molecule has 0 aromatic carbocycles. The zero-order valence-electron chi connectivity index (χ0n) is 12.0. The normalized spacial score (nSPS) is 31.5. The monoisotopic (exact) mass is 250 g/mol. The minimum absolute atomic E-state index is 0.601. The summed E-state index contributed by atoms with van der Waals surface area (Å²) in [5, 5.41) is 0. The van der Waals surface area contributed by atoms with Crippen molar-refractivity contribution in [1.29, 1.82) is 0 Å². The maximum atomic E-state index is 6.14. The van der Waals surface area contributed by atoms with Gasteiger partial charge in [0.2, 0.25) is 0 Å². The molecule has 2 atom stereocenters. The molecule has 2 N–H and O–H groups in total. The third kappa shape index (κ3) is 4.29. The Morgan fingerprint density at radius 3 is 2.56 bits per heavy atom. The Bertz CT molecular complexity index is 266. The lowest BCUT2D eigenvalue weighted by Gasteiger charge is -2.26.